The number of hydrogen-bond acceptors (Lipinski definition) is 5. The normalized spacial score (nSPS) is 10.5. The molecule has 1 aromatic heterocycles. The average Bonchev–Trinajstić information content (AvgIpc) is 2.95. The molecule has 3 aromatic rings. The number of nitro groups is 1. The van der Waals surface area contributed by atoms with Gasteiger partial charge >= 0.3 is 5.97 Å². The predicted molar refractivity (Wildman–Crippen MR) is 78.5 cm³/mol. The quantitative estimate of drug-likeness (QED) is 0.345. The number of fused-ring (bicyclic) bond motifs is 1. The number of aromatic nitrogens is 2. The number of esters is 1. The lowest BCUT2D eigenvalue weighted by Crippen LogP contribution is -2.12. The highest BCUT2D eigenvalue weighted by Gasteiger charge is 2.16. The molecule has 0 aliphatic rings. The van der Waals surface area contributed by atoms with E-state index in [1.807, 2.05) is 0 Å². The van der Waals surface area contributed by atoms with Crippen molar-refractivity contribution in [2.24, 2.45) is 0 Å². The number of ether oxygens (including phenoxy) is 1. The number of aromatic amines is 1. The summed E-state index contributed by atoms with van der Waals surface area (Å²) in [7, 11) is 0. The van der Waals surface area contributed by atoms with E-state index in [4.69, 9.17) is 4.74 Å². The lowest BCUT2D eigenvalue weighted by molar-refractivity contribution is -0.385. The van der Waals surface area contributed by atoms with Gasteiger partial charge in [-0.05, 0) is 12.1 Å². The number of nitro benzene ring substituents is 1. The van der Waals surface area contributed by atoms with Gasteiger partial charge in [-0.15, -0.1) is 0 Å². The van der Waals surface area contributed by atoms with Crippen LogP contribution in [0, 0.1) is 10.1 Å². The van der Waals surface area contributed by atoms with Crippen LogP contribution in [0.1, 0.15) is 5.56 Å². The zero-order valence-corrected chi connectivity index (χ0v) is 11.4. The van der Waals surface area contributed by atoms with E-state index in [1.54, 1.807) is 36.7 Å². The Balaban J connectivity index is 1.76. The van der Waals surface area contributed by atoms with Gasteiger partial charge in [-0.25, -0.2) is 4.98 Å². The molecular weight excluding hydrogens is 286 g/mol. The number of nitrogens with zero attached hydrogens (tertiary/aromatic N) is 2. The number of benzene rings is 2. The van der Waals surface area contributed by atoms with Gasteiger partial charge in [0.2, 0.25) is 0 Å². The molecule has 7 nitrogen and oxygen atoms in total. The molecule has 0 amide bonds. The highest BCUT2D eigenvalue weighted by molar-refractivity contribution is 5.80. The fourth-order valence-corrected chi connectivity index (χ4v) is 2.14. The van der Waals surface area contributed by atoms with Crippen LogP contribution in [-0.2, 0) is 11.2 Å². The summed E-state index contributed by atoms with van der Waals surface area (Å²) in [6.45, 7) is 0. The smallest absolute Gasteiger partial charge is 0.315 e. The topological polar surface area (TPSA) is 98.1 Å². The Morgan fingerprint density at radius 1 is 1.27 bits per heavy atom. The maximum Gasteiger partial charge on any atom is 0.315 e. The molecule has 0 saturated heterocycles. The molecule has 0 spiro atoms. The van der Waals surface area contributed by atoms with E-state index < -0.39 is 10.9 Å². The molecule has 0 atom stereocenters. The van der Waals surface area contributed by atoms with Crippen molar-refractivity contribution >= 4 is 22.7 Å². The first-order chi connectivity index (χ1) is 10.6. The Hall–Kier alpha value is -3.22. The predicted octanol–water partition coefficient (Wildman–Crippen LogP) is 2.62. The average molecular weight is 297 g/mol. The molecule has 0 saturated carbocycles. The molecule has 3 rings (SSSR count). The van der Waals surface area contributed by atoms with Gasteiger partial charge < -0.3 is 9.72 Å². The van der Waals surface area contributed by atoms with Gasteiger partial charge in [-0.3, -0.25) is 14.9 Å². The minimum Gasteiger partial charge on any atom is -0.426 e. The van der Waals surface area contributed by atoms with E-state index in [2.05, 4.69) is 9.97 Å². The summed E-state index contributed by atoms with van der Waals surface area (Å²) in [5.74, 6) is -0.200. The molecule has 0 fully saturated rings. The lowest BCUT2D eigenvalue weighted by Gasteiger charge is -2.05. The van der Waals surface area contributed by atoms with Crippen LogP contribution in [0.15, 0.2) is 48.8 Å². The molecular formula is C15H11N3O4. The monoisotopic (exact) mass is 297 g/mol. The van der Waals surface area contributed by atoms with Gasteiger partial charge in [0.15, 0.2) is 0 Å². The van der Waals surface area contributed by atoms with Crippen LogP contribution < -0.4 is 4.74 Å². The number of H-pyrrole nitrogens is 1. The molecule has 22 heavy (non-hydrogen) atoms. The number of carbonyl (C=O) groups excluding carboxylic acids is 1. The third-order valence-corrected chi connectivity index (χ3v) is 3.15. The Morgan fingerprint density at radius 3 is 2.91 bits per heavy atom. The summed E-state index contributed by atoms with van der Waals surface area (Å²) in [5, 5.41) is 10.9. The second-order valence-electron chi connectivity index (χ2n) is 4.62. The van der Waals surface area contributed by atoms with Crippen molar-refractivity contribution in [2.45, 2.75) is 6.42 Å². The maximum atomic E-state index is 12.0. The zero-order valence-electron chi connectivity index (χ0n) is 11.4. The van der Waals surface area contributed by atoms with Crippen molar-refractivity contribution in [3.05, 3.63) is 64.5 Å². The van der Waals surface area contributed by atoms with E-state index in [1.165, 1.54) is 12.1 Å². The Kier molecular flexibility index (Phi) is 3.53. The maximum absolute atomic E-state index is 12.0. The molecule has 7 heteroatoms. The molecule has 0 radical (unpaired) electrons. The first kappa shape index (κ1) is 13.7. The molecule has 2 aromatic carbocycles. The van der Waals surface area contributed by atoms with Crippen LogP contribution >= 0.6 is 0 Å². The van der Waals surface area contributed by atoms with E-state index in [0.29, 0.717) is 11.3 Å². The molecule has 0 bridgehead atoms. The highest BCUT2D eigenvalue weighted by atomic mass is 16.6. The van der Waals surface area contributed by atoms with E-state index in [9.17, 15) is 14.9 Å². The summed E-state index contributed by atoms with van der Waals surface area (Å²) in [5.41, 5.74) is 1.73. The second-order valence-corrected chi connectivity index (χ2v) is 4.62. The fourth-order valence-electron chi connectivity index (χ4n) is 2.14. The van der Waals surface area contributed by atoms with Crippen LogP contribution in [0.3, 0.4) is 0 Å². The number of para-hydroxylation sites is 1. The van der Waals surface area contributed by atoms with Crippen molar-refractivity contribution in [3.63, 3.8) is 0 Å². The molecule has 110 valence electrons. The summed E-state index contributed by atoms with van der Waals surface area (Å²) in [6, 6.07) is 11.1. The molecule has 1 N–H and O–H groups in total. The summed E-state index contributed by atoms with van der Waals surface area (Å²) in [6.07, 6.45) is 1.38. The minimum absolute atomic E-state index is 0.0940. The summed E-state index contributed by atoms with van der Waals surface area (Å²) in [4.78, 5) is 29.3. The number of nitrogens with one attached hydrogen (secondary N) is 1. The van der Waals surface area contributed by atoms with Crippen LogP contribution in [-0.4, -0.2) is 20.9 Å². The molecule has 0 aliphatic heterocycles. The molecule has 0 unspecified atom stereocenters. The summed E-state index contributed by atoms with van der Waals surface area (Å²) >= 11 is 0. The van der Waals surface area contributed by atoms with Gasteiger partial charge in [-0.2, -0.15) is 0 Å². The zero-order chi connectivity index (χ0) is 15.5. The van der Waals surface area contributed by atoms with Gasteiger partial charge in [0.1, 0.15) is 5.75 Å². The van der Waals surface area contributed by atoms with Gasteiger partial charge in [-0.1, -0.05) is 18.2 Å². The van der Waals surface area contributed by atoms with Crippen LogP contribution in [0.25, 0.3) is 11.0 Å². The third kappa shape index (κ3) is 2.78. The first-order valence-corrected chi connectivity index (χ1v) is 6.49. The van der Waals surface area contributed by atoms with Gasteiger partial charge in [0.25, 0.3) is 5.69 Å². The van der Waals surface area contributed by atoms with Gasteiger partial charge in [0.05, 0.1) is 28.7 Å². The standard InChI is InChI=1S/C15H11N3O4/c19-15(7-10-3-1-2-4-14(10)18(20)21)22-11-5-6-12-13(8-11)17-9-16-12/h1-6,8-9H,7H2,(H,16,17). The SMILES string of the molecule is O=C(Cc1ccccc1[N+](=O)[O-])Oc1ccc2nc[nH]c2c1. The number of hydrogen-bond donors (Lipinski definition) is 1. The number of carbonyl (C=O) groups is 1. The molecule has 1 heterocycles. The minimum atomic E-state index is -0.562. The Labute approximate surface area is 124 Å². The fraction of sp³-hybridized carbons (Fsp3) is 0.0667. The lowest BCUT2D eigenvalue weighted by atomic mass is 10.1. The van der Waals surface area contributed by atoms with E-state index in [-0.39, 0.29) is 12.1 Å². The van der Waals surface area contributed by atoms with Gasteiger partial charge in [0, 0.05) is 17.7 Å². The van der Waals surface area contributed by atoms with Crippen molar-refractivity contribution in [3.8, 4) is 5.75 Å². The summed E-state index contributed by atoms with van der Waals surface area (Å²) < 4.78 is 5.22. The number of imidazole rings is 1. The second kappa shape index (κ2) is 5.65. The Morgan fingerprint density at radius 2 is 2.09 bits per heavy atom. The van der Waals surface area contributed by atoms with Crippen molar-refractivity contribution < 1.29 is 14.5 Å². The molecule has 0 aliphatic carbocycles. The van der Waals surface area contributed by atoms with Crippen molar-refractivity contribution in [1.29, 1.82) is 0 Å². The Bertz CT molecular complexity index is 857. The van der Waals surface area contributed by atoms with Crippen LogP contribution in [0.2, 0.25) is 0 Å². The first-order valence-electron chi connectivity index (χ1n) is 6.49. The number of rotatable bonds is 4. The van der Waals surface area contributed by atoms with Crippen LogP contribution in [0.4, 0.5) is 5.69 Å². The van der Waals surface area contributed by atoms with E-state index in [0.717, 1.165) is 11.0 Å². The van der Waals surface area contributed by atoms with Crippen molar-refractivity contribution in [1.82, 2.24) is 9.97 Å². The van der Waals surface area contributed by atoms with Crippen LogP contribution in [0.5, 0.6) is 5.75 Å². The van der Waals surface area contributed by atoms with Crippen molar-refractivity contribution in [2.75, 3.05) is 0 Å². The third-order valence-electron chi connectivity index (χ3n) is 3.15. The largest absolute Gasteiger partial charge is 0.426 e. The van der Waals surface area contributed by atoms with E-state index >= 15 is 0 Å². The highest BCUT2D eigenvalue weighted by Crippen LogP contribution is 2.21.